The van der Waals surface area contributed by atoms with Crippen LogP contribution in [0.1, 0.15) is 29.2 Å². The molecule has 1 aliphatic heterocycles. The summed E-state index contributed by atoms with van der Waals surface area (Å²) in [4.78, 5) is 33.5. The number of furan rings is 1. The molecule has 0 amide bonds. The van der Waals surface area contributed by atoms with Crippen LogP contribution in [-0.2, 0) is 9.53 Å². The number of benzene rings is 2. The standard InChI is InChI=1S/C30H20Cl2N2O4S2/c1-2-37-29(36)24-26(17-8-4-3-5-9-17)33-30-34(27(24)22-12-7-15-39-22)28(35)23(40-30)16-18-13-14-21(38-18)19-10-6-11-20(31)25(19)32/h3-16,27H,2H2,1H3/b23-16-. The monoisotopic (exact) mass is 606 g/mol. The fourth-order valence-corrected chi connectivity index (χ4v) is 6.75. The smallest absolute Gasteiger partial charge is 0.338 e. The van der Waals surface area contributed by atoms with E-state index in [2.05, 4.69) is 0 Å². The number of hydrogen-bond donors (Lipinski definition) is 0. The number of aromatic nitrogens is 1. The van der Waals surface area contributed by atoms with Gasteiger partial charge in [0.15, 0.2) is 4.80 Å². The van der Waals surface area contributed by atoms with Gasteiger partial charge < -0.3 is 9.15 Å². The van der Waals surface area contributed by atoms with Crippen LogP contribution >= 0.6 is 45.9 Å². The summed E-state index contributed by atoms with van der Waals surface area (Å²) in [5.74, 6) is 0.489. The first kappa shape index (κ1) is 26.5. The predicted octanol–water partition coefficient (Wildman–Crippen LogP) is 6.56. The Kier molecular flexibility index (Phi) is 7.33. The van der Waals surface area contributed by atoms with Crippen LogP contribution in [0.25, 0.3) is 23.1 Å². The Hall–Kier alpha value is -3.69. The molecule has 5 aromatic rings. The number of carbonyl (C=O) groups is 1. The fourth-order valence-electron chi connectivity index (χ4n) is 4.55. The molecule has 1 atom stereocenters. The Morgan fingerprint density at radius 3 is 2.65 bits per heavy atom. The predicted molar refractivity (Wildman–Crippen MR) is 160 cm³/mol. The first-order chi connectivity index (χ1) is 19.5. The third-order valence-corrected chi connectivity index (χ3v) is 9.03. The van der Waals surface area contributed by atoms with Crippen molar-refractivity contribution in [2.45, 2.75) is 13.0 Å². The van der Waals surface area contributed by atoms with E-state index in [1.165, 1.54) is 22.7 Å². The van der Waals surface area contributed by atoms with Crippen LogP contribution in [0.4, 0.5) is 0 Å². The summed E-state index contributed by atoms with van der Waals surface area (Å²) in [6.07, 6.45) is 1.67. The van der Waals surface area contributed by atoms with Crippen molar-refractivity contribution in [1.82, 2.24) is 4.57 Å². The molecule has 2 aromatic carbocycles. The largest absolute Gasteiger partial charge is 0.463 e. The minimum Gasteiger partial charge on any atom is -0.463 e. The number of thiazole rings is 1. The molecule has 10 heteroatoms. The molecular formula is C30H20Cl2N2O4S2. The number of thiophene rings is 1. The third-order valence-electron chi connectivity index (χ3n) is 6.30. The fraction of sp³-hybridized carbons (Fsp3) is 0.100. The van der Waals surface area contributed by atoms with Crippen LogP contribution in [0.2, 0.25) is 10.0 Å². The highest BCUT2D eigenvalue weighted by Gasteiger charge is 2.35. The molecule has 4 heterocycles. The number of nitrogens with zero attached hydrogens (tertiary/aromatic N) is 2. The van der Waals surface area contributed by atoms with E-state index in [0.29, 0.717) is 47.7 Å². The number of hydrogen-bond acceptors (Lipinski definition) is 7. The summed E-state index contributed by atoms with van der Waals surface area (Å²) in [6.45, 7) is 1.95. The SMILES string of the molecule is CCOC(=O)C1=C(c2ccccc2)N=c2s/c(=C\c3ccc(-c4cccc(Cl)c4Cl)o3)c(=O)n2C1c1cccs1. The highest BCUT2D eigenvalue weighted by Crippen LogP contribution is 2.37. The molecule has 0 N–H and O–H groups in total. The van der Waals surface area contributed by atoms with Gasteiger partial charge in [-0.1, -0.05) is 77.0 Å². The van der Waals surface area contributed by atoms with E-state index < -0.39 is 12.0 Å². The van der Waals surface area contributed by atoms with Gasteiger partial charge in [0.25, 0.3) is 5.56 Å². The van der Waals surface area contributed by atoms with Gasteiger partial charge in [-0.15, -0.1) is 11.3 Å². The van der Waals surface area contributed by atoms with Crippen LogP contribution < -0.4 is 14.9 Å². The maximum atomic E-state index is 13.9. The summed E-state index contributed by atoms with van der Waals surface area (Å²) in [5, 5.41) is 2.73. The Bertz CT molecular complexity index is 1940. The molecule has 1 unspecified atom stereocenters. The summed E-state index contributed by atoms with van der Waals surface area (Å²) < 4.78 is 13.5. The maximum Gasteiger partial charge on any atom is 0.338 e. The van der Waals surface area contributed by atoms with Crippen LogP contribution in [0.15, 0.2) is 98.0 Å². The highest BCUT2D eigenvalue weighted by atomic mass is 35.5. The first-order valence-electron chi connectivity index (χ1n) is 12.3. The van der Waals surface area contributed by atoms with E-state index in [0.717, 1.165) is 10.4 Å². The maximum absolute atomic E-state index is 13.9. The first-order valence-corrected chi connectivity index (χ1v) is 14.8. The lowest BCUT2D eigenvalue weighted by molar-refractivity contribution is -0.138. The van der Waals surface area contributed by atoms with Crippen molar-refractivity contribution < 1.29 is 13.9 Å². The van der Waals surface area contributed by atoms with Gasteiger partial charge in [-0.05, 0) is 42.6 Å². The van der Waals surface area contributed by atoms with Crippen molar-refractivity contribution in [1.29, 1.82) is 0 Å². The Morgan fingerprint density at radius 1 is 1.07 bits per heavy atom. The van der Waals surface area contributed by atoms with Crippen molar-refractivity contribution >= 4 is 63.6 Å². The summed E-state index contributed by atoms with van der Waals surface area (Å²) >= 11 is 15.2. The second-order valence-corrected chi connectivity index (χ2v) is 11.5. The molecule has 0 radical (unpaired) electrons. The lowest BCUT2D eigenvalue weighted by atomic mass is 9.97. The van der Waals surface area contributed by atoms with E-state index in [1.807, 2.05) is 53.9 Å². The lowest BCUT2D eigenvalue weighted by Crippen LogP contribution is -2.39. The van der Waals surface area contributed by atoms with Crippen molar-refractivity contribution in [2.24, 2.45) is 4.99 Å². The molecule has 0 spiro atoms. The van der Waals surface area contributed by atoms with E-state index in [1.54, 1.807) is 41.8 Å². The zero-order chi connectivity index (χ0) is 27.8. The molecular weight excluding hydrogens is 587 g/mol. The topological polar surface area (TPSA) is 73.8 Å². The van der Waals surface area contributed by atoms with Crippen molar-refractivity contribution in [2.75, 3.05) is 6.61 Å². The van der Waals surface area contributed by atoms with E-state index in [9.17, 15) is 9.59 Å². The van der Waals surface area contributed by atoms with Crippen LogP contribution in [0, 0.1) is 0 Å². The van der Waals surface area contributed by atoms with Gasteiger partial charge >= 0.3 is 5.97 Å². The molecule has 6 nitrogen and oxygen atoms in total. The molecule has 1 aliphatic rings. The molecule has 0 aliphatic carbocycles. The highest BCUT2D eigenvalue weighted by molar-refractivity contribution is 7.10. The molecule has 0 fully saturated rings. The average molecular weight is 608 g/mol. The van der Waals surface area contributed by atoms with Crippen LogP contribution in [-0.4, -0.2) is 17.1 Å². The van der Waals surface area contributed by atoms with Gasteiger partial charge in [0, 0.05) is 22.1 Å². The molecule has 0 bridgehead atoms. The Labute approximate surface area is 246 Å². The number of carbonyl (C=O) groups excluding carboxylic acids is 1. The number of esters is 1. The molecule has 6 rings (SSSR count). The van der Waals surface area contributed by atoms with Crippen molar-refractivity contribution in [3.8, 4) is 11.3 Å². The average Bonchev–Trinajstić information content (AvgIpc) is 3.72. The molecule has 40 heavy (non-hydrogen) atoms. The number of rotatable bonds is 6. The van der Waals surface area contributed by atoms with Gasteiger partial charge in [0.2, 0.25) is 0 Å². The van der Waals surface area contributed by atoms with Crippen LogP contribution in [0.5, 0.6) is 0 Å². The number of fused-ring (bicyclic) bond motifs is 1. The normalized spacial score (nSPS) is 15.2. The Balaban J connectivity index is 1.54. The molecule has 3 aromatic heterocycles. The quantitative estimate of drug-likeness (QED) is 0.205. The third kappa shape index (κ3) is 4.77. The second-order valence-electron chi connectivity index (χ2n) is 8.75. The lowest BCUT2D eigenvalue weighted by Gasteiger charge is -2.24. The van der Waals surface area contributed by atoms with Gasteiger partial charge in [0.05, 0.1) is 32.5 Å². The van der Waals surface area contributed by atoms with E-state index >= 15 is 0 Å². The number of ether oxygens (including phenoxy) is 1. The zero-order valence-corrected chi connectivity index (χ0v) is 24.1. The van der Waals surface area contributed by atoms with E-state index in [-0.39, 0.29) is 12.2 Å². The second kappa shape index (κ2) is 11.1. The summed E-state index contributed by atoms with van der Waals surface area (Å²) in [6, 6.07) is 21.4. The van der Waals surface area contributed by atoms with Gasteiger partial charge in [-0.25, -0.2) is 9.79 Å². The molecule has 200 valence electrons. The summed E-state index contributed by atoms with van der Waals surface area (Å²) in [5.41, 5.74) is 1.94. The molecule has 0 saturated carbocycles. The number of halogens is 2. The van der Waals surface area contributed by atoms with Crippen molar-refractivity contribution in [3.05, 3.63) is 130 Å². The van der Waals surface area contributed by atoms with Gasteiger partial charge in [-0.3, -0.25) is 9.36 Å². The Morgan fingerprint density at radius 2 is 1.90 bits per heavy atom. The van der Waals surface area contributed by atoms with Gasteiger partial charge in [0.1, 0.15) is 17.6 Å². The zero-order valence-electron chi connectivity index (χ0n) is 21.0. The van der Waals surface area contributed by atoms with Crippen molar-refractivity contribution in [3.63, 3.8) is 0 Å². The van der Waals surface area contributed by atoms with Crippen LogP contribution in [0.3, 0.4) is 0 Å². The summed E-state index contributed by atoms with van der Waals surface area (Å²) in [7, 11) is 0. The van der Waals surface area contributed by atoms with E-state index in [4.69, 9.17) is 37.3 Å². The minimum absolute atomic E-state index is 0.198. The molecule has 0 saturated heterocycles. The van der Waals surface area contributed by atoms with Gasteiger partial charge in [-0.2, -0.15) is 0 Å². The minimum atomic E-state index is -0.690.